The number of benzene rings is 1. The van der Waals surface area contributed by atoms with Crippen molar-refractivity contribution in [1.82, 2.24) is 5.16 Å². The van der Waals surface area contributed by atoms with Crippen LogP contribution in [-0.4, -0.2) is 11.4 Å². The fourth-order valence-electron chi connectivity index (χ4n) is 1.28. The second-order valence-electron chi connectivity index (χ2n) is 3.34. The largest absolute Gasteiger partial charge is 0.486 e. The van der Waals surface area contributed by atoms with Crippen LogP contribution in [0.4, 0.5) is 5.69 Å². The van der Waals surface area contributed by atoms with Crippen molar-refractivity contribution in [3.05, 3.63) is 40.7 Å². The number of nitrogens with one attached hydrogen (secondary N) is 1. The Balaban J connectivity index is 2.16. The zero-order valence-electron chi connectivity index (χ0n) is 8.81. The monoisotopic (exact) mass is 251 g/mol. The minimum Gasteiger partial charge on any atom is -0.486 e. The van der Waals surface area contributed by atoms with E-state index in [1.807, 2.05) is 0 Å². The molecule has 2 rings (SSSR count). The number of aromatic nitrogens is 1. The third kappa shape index (κ3) is 2.57. The van der Waals surface area contributed by atoms with Gasteiger partial charge in [-0.2, -0.15) is 0 Å². The number of hydrogen-bond donors (Lipinski definition) is 2. The summed E-state index contributed by atoms with van der Waals surface area (Å²) in [6, 6.07) is 4.87. The van der Waals surface area contributed by atoms with Gasteiger partial charge in [-0.1, -0.05) is 16.8 Å². The molecule has 0 fully saturated rings. The van der Waals surface area contributed by atoms with E-state index in [1.54, 1.807) is 18.2 Å². The van der Waals surface area contributed by atoms with E-state index in [0.717, 1.165) is 6.21 Å². The van der Waals surface area contributed by atoms with Gasteiger partial charge in [0, 0.05) is 29.6 Å². The molecule has 1 aromatic carbocycles. The summed E-state index contributed by atoms with van der Waals surface area (Å²) in [7, 11) is 0. The van der Waals surface area contributed by atoms with E-state index in [0.29, 0.717) is 27.7 Å². The van der Waals surface area contributed by atoms with Gasteiger partial charge in [0.25, 0.3) is 0 Å². The Labute approximate surface area is 103 Å². The Morgan fingerprint density at radius 1 is 1.53 bits per heavy atom. The van der Waals surface area contributed by atoms with Crippen molar-refractivity contribution in [1.29, 1.82) is 5.41 Å². The van der Waals surface area contributed by atoms with Crippen LogP contribution in [0.25, 0.3) is 0 Å². The summed E-state index contributed by atoms with van der Waals surface area (Å²) in [5.74, 6) is 0.456. The molecule has 0 amide bonds. The SMILES string of the molecule is N=Cc1cc(Cl)c(OCc2ccon2)cc1N. The quantitative estimate of drug-likeness (QED) is 0.646. The van der Waals surface area contributed by atoms with Crippen molar-refractivity contribution in [2.75, 3.05) is 5.73 Å². The molecule has 0 radical (unpaired) electrons. The second kappa shape index (κ2) is 4.88. The van der Waals surface area contributed by atoms with Crippen molar-refractivity contribution in [2.24, 2.45) is 0 Å². The molecule has 0 unspecified atom stereocenters. The van der Waals surface area contributed by atoms with Crippen LogP contribution in [0.1, 0.15) is 11.3 Å². The maximum absolute atomic E-state index is 7.14. The van der Waals surface area contributed by atoms with E-state index in [-0.39, 0.29) is 6.61 Å². The Morgan fingerprint density at radius 2 is 2.35 bits per heavy atom. The Hall–Kier alpha value is -2.01. The Bertz CT molecular complexity index is 526. The molecule has 17 heavy (non-hydrogen) atoms. The van der Waals surface area contributed by atoms with Crippen molar-refractivity contribution >= 4 is 23.5 Å². The molecule has 1 aromatic heterocycles. The van der Waals surface area contributed by atoms with E-state index < -0.39 is 0 Å². The van der Waals surface area contributed by atoms with Gasteiger partial charge in [0.05, 0.1) is 5.02 Å². The smallest absolute Gasteiger partial charge is 0.140 e. The number of nitrogens with two attached hydrogens (primary N) is 1. The molecule has 1 heterocycles. The first-order chi connectivity index (χ1) is 8.20. The first-order valence-corrected chi connectivity index (χ1v) is 5.20. The molecular formula is C11H10ClN3O2. The van der Waals surface area contributed by atoms with Crippen LogP contribution in [0.3, 0.4) is 0 Å². The maximum Gasteiger partial charge on any atom is 0.140 e. The number of anilines is 1. The zero-order chi connectivity index (χ0) is 12.3. The minimum absolute atomic E-state index is 0.250. The lowest BCUT2D eigenvalue weighted by molar-refractivity contribution is 0.289. The lowest BCUT2D eigenvalue weighted by atomic mass is 10.2. The van der Waals surface area contributed by atoms with Gasteiger partial charge in [0.1, 0.15) is 24.3 Å². The molecule has 5 nitrogen and oxygen atoms in total. The van der Waals surface area contributed by atoms with E-state index in [9.17, 15) is 0 Å². The fraction of sp³-hybridized carbons (Fsp3) is 0.0909. The zero-order valence-corrected chi connectivity index (χ0v) is 9.57. The molecule has 0 aliphatic heterocycles. The van der Waals surface area contributed by atoms with E-state index in [1.165, 1.54) is 6.26 Å². The number of nitrogen functional groups attached to an aromatic ring is 1. The van der Waals surface area contributed by atoms with Crippen LogP contribution < -0.4 is 10.5 Å². The van der Waals surface area contributed by atoms with Gasteiger partial charge in [0.2, 0.25) is 0 Å². The van der Waals surface area contributed by atoms with Crippen LogP contribution in [-0.2, 0) is 6.61 Å². The van der Waals surface area contributed by atoms with Crippen LogP contribution >= 0.6 is 11.6 Å². The molecular weight excluding hydrogens is 242 g/mol. The third-order valence-corrected chi connectivity index (χ3v) is 2.46. The van der Waals surface area contributed by atoms with E-state index in [4.69, 9.17) is 27.5 Å². The molecule has 0 saturated carbocycles. The van der Waals surface area contributed by atoms with Crippen molar-refractivity contribution in [2.45, 2.75) is 6.61 Å². The topological polar surface area (TPSA) is 85.1 Å². The highest BCUT2D eigenvalue weighted by Gasteiger charge is 2.07. The summed E-state index contributed by atoms with van der Waals surface area (Å²) in [6.45, 7) is 0.250. The predicted octanol–water partition coefficient (Wildman–Crippen LogP) is 2.49. The summed E-state index contributed by atoms with van der Waals surface area (Å²) in [5.41, 5.74) is 7.39. The first kappa shape index (κ1) is 11.5. The number of nitrogens with zero attached hydrogens (tertiary/aromatic N) is 1. The molecule has 88 valence electrons. The van der Waals surface area contributed by atoms with Gasteiger partial charge in [-0.05, 0) is 6.07 Å². The van der Waals surface area contributed by atoms with Crippen molar-refractivity contribution < 1.29 is 9.26 Å². The van der Waals surface area contributed by atoms with Gasteiger partial charge in [-0.3, -0.25) is 0 Å². The summed E-state index contributed by atoms with van der Waals surface area (Å²) in [6.07, 6.45) is 2.61. The van der Waals surface area contributed by atoms with Crippen LogP contribution in [0.15, 0.2) is 29.0 Å². The number of rotatable bonds is 4. The highest BCUT2D eigenvalue weighted by Crippen LogP contribution is 2.29. The summed E-state index contributed by atoms with van der Waals surface area (Å²) in [4.78, 5) is 0. The predicted molar refractivity (Wildman–Crippen MR) is 64.6 cm³/mol. The van der Waals surface area contributed by atoms with Crippen molar-refractivity contribution in [3.63, 3.8) is 0 Å². The second-order valence-corrected chi connectivity index (χ2v) is 3.74. The Morgan fingerprint density at radius 3 is 3.00 bits per heavy atom. The van der Waals surface area contributed by atoms with Gasteiger partial charge < -0.3 is 20.4 Å². The number of halogens is 1. The average molecular weight is 252 g/mol. The molecule has 3 N–H and O–H groups in total. The summed E-state index contributed by atoms with van der Waals surface area (Å²) >= 11 is 5.99. The lowest BCUT2D eigenvalue weighted by Gasteiger charge is -2.08. The molecule has 6 heteroatoms. The molecule has 0 spiro atoms. The van der Waals surface area contributed by atoms with Gasteiger partial charge in [-0.25, -0.2) is 0 Å². The minimum atomic E-state index is 0.250. The summed E-state index contributed by atoms with van der Waals surface area (Å²) in [5, 5.41) is 11.3. The highest BCUT2D eigenvalue weighted by molar-refractivity contribution is 6.32. The third-order valence-electron chi connectivity index (χ3n) is 2.16. The first-order valence-electron chi connectivity index (χ1n) is 4.82. The molecule has 0 bridgehead atoms. The van der Waals surface area contributed by atoms with E-state index in [2.05, 4.69) is 9.68 Å². The van der Waals surface area contributed by atoms with Gasteiger partial charge >= 0.3 is 0 Å². The van der Waals surface area contributed by atoms with Gasteiger partial charge in [0.15, 0.2) is 0 Å². The van der Waals surface area contributed by atoms with Gasteiger partial charge in [-0.15, -0.1) is 0 Å². The average Bonchev–Trinajstić information content (AvgIpc) is 2.82. The van der Waals surface area contributed by atoms with Crippen LogP contribution in [0.5, 0.6) is 5.75 Å². The maximum atomic E-state index is 7.14. The normalized spacial score (nSPS) is 10.2. The standard InChI is InChI=1S/C11H10ClN3O2/c12-9-3-7(5-13)10(14)4-11(9)16-6-8-1-2-17-15-8/h1-5,13H,6,14H2. The number of hydrogen-bond acceptors (Lipinski definition) is 5. The Kier molecular flexibility index (Phi) is 3.30. The molecule has 0 saturated heterocycles. The fourth-order valence-corrected chi connectivity index (χ4v) is 1.51. The van der Waals surface area contributed by atoms with Crippen LogP contribution in [0, 0.1) is 5.41 Å². The van der Waals surface area contributed by atoms with Crippen LogP contribution in [0.2, 0.25) is 5.02 Å². The lowest BCUT2D eigenvalue weighted by Crippen LogP contribution is -1.99. The molecule has 0 atom stereocenters. The molecule has 2 aromatic rings. The molecule has 0 aliphatic rings. The summed E-state index contributed by atoms with van der Waals surface area (Å²) < 4.78 is 10.1. The highest BCUT2D eigenvalue weighted by atomic mass is 35.5. The van der Waals surface area contributed by atoms with E-state index >= 15 is 0 Å². The number of ether oxygens (including phenoxy) is 1. The van der Waals surface area contributed by atoms with Crippen molar-refractivity contribution in [3.8, 4) is 5.75 Å². The molecule has 0 aliphatic carbocycles.